The van der Waals surface area contributed by atoms with Crippen LogP contribution in [0.25, 0.3) is 10.9 Å². The first-order valence-corrected chi connectivity index (χ1v) is 6.29. The van der Waals surface area contributed by atoms with E-state index in [1.807, 2.05) is 11.6 Å². The van der Waals surface area contributed by atoms with Crippen LogP contribution in [0.1, 0.15) is 29.3 Å². The first kappa shape index (κ1) is 12.7. The molecule has 0 saturated heterocycles. The number of nitrogens with one attached hydrogen (secondary N) is 1. The van der Waals surface area contributed by atoms with Crippen molar-refractivity contribution in [2.24, 2.45) is 7.05 Å². The molecule has 94 valence electrons. The molecule has 0 amide bonds. The standard InChI is InChI=1S/C15H19N3/c1-5-17-9-12-14(8-16)18(4)13-7-10(2)6-11(3)15(12)13/h6-7,17H,5,9H2,1-4H3. The summed E-state index contributed by atoms with van der Waals surface area (Å²) in [5, 5.41) is 13.9. The molecule has 0 aliphatic heterocycles. The molecule has 0 fully saturated rings. The average molecular weight is 241 g/mol. The summed E-state index contributed by atoms with van der Waals surface area (Å²) >= 11 is 0. The van der Waals surface area contributed by atoms with Crippen molar-refractivity contribution >= 4 is 10.9 Å². The highest BCUT2D eigenvalue weighted by Gasteiger charge is 2.16. The lowest BCUT2D eigenvalue weighted by Crippen LogP contribution is -2.12. The second-order valence-corrected chi connectivity index (χ2v) is 4.75. The predicted octanol–water partition coefficient (Wildman–Crippen LogP) is 2.78. The molecule has 1 aromatic carbocycles. The van der Waals surface area contributed by atoms with Crippen molar-refractivity contribution in [1.82, 2.24) is 9.88 Å². The molecular formula is C15H19N3. The number of nitrogens with zero attached hydrogens (tertiary/aromatic N) is 2. The van der Waals surface area contributed by atoms with Crippen molar-refractivity contribution in [2.75, 3.05) is 6.54 Å². The van der Waals surface area contributed by atoms with Gasteiger partial charge in [0.2, 0.25) is 0 Å². The van der Waals surface area contributed by atoms with E-state index < -0.39 is 0 Å². The van der Waals surface area contributed by atoms with Gasteiger partial charge in [-0.05, 0) is 37.6 Å². The predicted molar refractivity (Wildman–Crippen MR) is 74.5 cm³/mol. The number of fused-ring (bicyclic) bond motifs is 1. The molecule has 0 radical (unpaired) electrons. The van der Waals surface area contributed by atoms with Gasteiger partial charge in [0, 0.05) is 30.1 Å². The van der Waals surface area contributed by atoms with E-state index in [0.29, 0.717) is 0 Å². The molecular weight excluding hydrogens is 222 g/mol. The van der Waals surface area contributed by atoms with Gasteiger partial charge in [-0.25, -0.2) is 0 Å². The Bertz CT molecular complexity index is 629. The van der Waals surface area contributed by atoms with Crippen molar-refractivity contribution in [1.29, 1.82) is 5.26 Å². The van der Waals surface area contributed by atoms with Crippen LogP contribution in [-0.2, 0) is 13.6 Å². The van der Waals surface area contributed by atoms with E-state index in [2.05, 4.69) is 44.3 Å². The molecule has 1 N–H and O–H groups in total. The molecule has 0 aliphatic rings. The lowest BCUT2D eigenvalue weighted by molar-refractivity contribution is 0.725. The van der Waals surface area contributed by atoms with Crippen LogP contribution < -0.4 is 5.32 Å². The van der Waals surface area contributed by atoms with Gasteiger partial charge in [-0.15, -0.1) is 0 Å². The maximum atomic E-state index is 9.36. The fourth-order valence-electron chi connectivity index (χ4n) is 2.61. The molecule has 1 heterocycles. The number of aromatic nitrogens is 1. The fraction of sp³-hybridized carbons (Fsp3) is 0.400. The van der Waals surface area contributed by atoms with Gasteiger partial charge in [0.05, 0.1) is 0 Å². The van der Waals surface area contributed by atoms with Crippen molar-refractivity contribution in [2.45, 2.75) is 27.3 Å². The molecule has 0 spiro atoms. The Hall–Kier alpha value is -1.79. The highest BCUT2D eigenvalue weighted by molar-refractivity contribution is 5.90. The van der Waals surface area contributed by atoms with E-state index in [1.54, 1.807) is 0 Å². The van der Waals surface area contributed by atoms with Gasteiger partial charge in [0.1, 0.15) is 11.8 Å². The highest BCUT2D eigenvalue weighted by Crippen LogP contribution is 2.29. The minimum Gasteiger partial charge on any atom is -0.335 e. The minimum atomic E-state index is 0.751. The summed E-state index contributed by atoms with van der Waals surface area (Å²) in [6.45, 7) is 7.95. The Morgan fingerprint density at radius 2 is 2.06 bits per heavy atom. The Morgan fingerprint density at radius 1 is 1.33 bits per heavy atom. The topological polar surface area (TPSA) is 40.8 Å². The summed E-state index contributed by atoms with van der Waals surface area (Å²) in [7, 11) is 1.97. The lowest BCUT2D eigenvalue weighted by atomic mass is 10.0. The molecule has 1 aromatic heterocycles. The molecule has 2 aromatic rings. The molecule has 0 saturated carbocycles. The smallest absolute Gasteiger partial charge is 0.125 e. The zero-order valence-electron chi connectivity index (χ0n) is 11.5. The highest BCUT2D eigenvalue weighted by atomic mass is 15.0. The molecule has 0 aliphatic carbocycles. The molecule has 0 bridgehead atoms. The zero-order chi connectivity index (χ0) is 13.3. The monoisotopic (exact) mass is 241 g/mol. The van der Waals surface area contributed by atoms with Crippen LogP contribution in [-0.4, -0.2) is 11.1 Å². The third-order valence-corrected chi connectivity index (χ3v) is 3.40. The molecule has 18 heavy (non-hydrogen) atoms. The van der Waals surface area contributed by atoms with E-state index in [-0.39, 0.29) is 0 Å². The summed E-state index contributed by atoms with van der Waals surface area (Å²) in [4.78, 5) is 0. The van der Waals surface area contributed by atoms with E-state index >= 15 is 0 Å². The van der Waals surface area contributed by atoms with Crippen molar-refractivity contribution in [3.63, 3.8) is 0 Å². The summed E-state index contributed by atoms with van der Waals surface area (Å²) in [6.07, 6.45) is 0. The van der Waals surface area contributed by atoms with Crippen LogP contribution >= 0.6 is 0 Å². The minimum absolute atomic E-state index is 0.751. The largest absolute Gasteiger partial charge is 0.335 e. The molecule has 2 rings (SSSR count). The molecule has 3 heteroatoms. The van der Waals surface area contributed by atoms with Crippen LogP contribution in [0.4, 0.5) is 0 Å². The molecule has 0 atom stereocenters. The summed E-state index contributed by atoms with van der Waals surface area (Å²) in [6, 6.07) is 6.66. The Labute approximate surface area is 108 Å². The number of hydrogen-bond donors (Lipinski definition) is 1. The Morgan fingerprint density at radius 3 is 2.67 bits per heavy atom. The van der Waals surface area contributed by atoms with Gasteiger partial charge in [-0.3, -0.25) is 0 Å². The summed E-state index contributed by atoms with van der Waals surface area (Å²) in [5.41, 5.74) is 5.51. The maximum absolute atomic E-state index is 9.36. The van der Waals surface area contributed by atoms with E-state index in [1.165, 1.54) is 16.5 Å². The summed E-state index contributed by atoms with van der Waals surface area (Å²) < 4.78 is 2.00. The summed E-state index contributed by atoms with van der Waals surface area (Å²) in [5.74, 6) is 0. The van der Waals surface area contributed by atoms with Gasteiger partial charge < -0.3 is 9.88 Å². The number of aryl methyl sites for hydroxylation is 3. The average Bonchev–Trinajstić information content (AvgIpc) is 2.59. The van der Waals surface area contributed by atoms with Gasteiger partial charge in [0.15, 0.2) is 0 Å². The Kier molecular flexibility index (Phi) is 3.40. The second kappa shape index (κ2) is 4.83. The third kappa shape index (κ3) is 1.89. The van der Waals surface area contributed by atoms with Crippen molar-refractivity contribution in [3.8, 4) is 6.07 Å². The van der Waals surface area contributed by atoms with Crippen molar-refractivity contribution < 1.29 is 0 Å². The van der Waals surface area contributed by atoms with Crippen LogP contribution in [0.5, 0.6) is 0 Å². The second-order valence-electron chi connectivity index (χ2n) is 4.75. The van der Waals surface area contributed by atoms with E-state index in [0.717, 1.165) is 29.9 Å². The Balaban J connectivity index is 2.78. The number of hydrogen-bond acceptors (Lipinski definition) is 2. The van der Waals surface area contributed by atoms with E-state index in [9.17, 15) is 5.26 Å². The first-order valence-electron chi connectivity index (χ1n) is 6.29. The fourth-order valence-corrected chi connectivity index (χ4v) is 2.61. The van der Waals surface area contributed by atoms with E-state index in [4.69, 9.17) is 0 Å². The zero-order valence-corrected chi connectivity index (χ0v) is 11.5. The number of rotatable bonds is 3. The lowest BCUT2D eigenvalue weighted by Gasteiger charge is -2.04. The third-order valence-electron chi connectivity index (χ3n) is 3.40. The van der Waals surface area contributed by atoms with Gasteiger partial charge >= 0.3 is 0 Å². The number of nitriles is 1. The van der Waals surface area contributed by atoms with Crippen LogP contribution in [0, 0.1) is 25.2 Å². The quantitative estimate of drug-likeness (QED) is 0.897. The first-order chi connectivity index (χ1) is 8.60. The molecule has 3 nitrogen and oxygen atoms in total. The van der Waals surface area contributed by atoms with Gasteiger partial charge in [-0.1, -0.05) is 13.0 Å². The number of benzene rings is 1. The maximum Gasteiger partial charge on any atom is 0.125 e. The van der Waals surface area contributed by atoms with Crippen LogP contribution in [0.15, 0.2) is 12.1 Å². The van der Waals surface area contributed by atoms with Crippen LogP contribution in [0.2, 0.25) is 0 Å². The van der Waals surface area contributed by atoms with Crippen LogP contribution in [0.3, 0.4) is 0 Å². The normalized spacial score (nSPS) is 10.8. The molecule has 0 unspecified atom stereocenters. The van der Waals surface area contributed by atoms with Gasteiger partial charge in [-0.2, -0.15) is 5.26 Å². The van der Waals surface area contributed by atoms with Crippen molar-refractivity contribution in [3.05, 3.63) is 34.5 Å². The SMILES string of the molecule is CCNCc1c(C#N)n(C)c2cc(C)cc(C)c12. The van der Waals surface area contributed by atoms with Gasteiger partial charge in [0.25, 0.3) is 0 Å².